The molecule has 0 aliphatic rings. The molecule has 0 spiro atoms. The van der Waals surface area contributed by atoms with Gasteiger partial charge in [-0.1, -0.05) is 29.8 Å². The van der Waals surface area contributed by atoms with Gasteiger partial charge in [0.25, 0.3) is 5.91 Å². The molecule has 0 saturated heterocycles. The molecular formula is C22H29NO3. The number of nitrogens with one attached hydrogen (secondary N) is 1. The Bertz CT molecular complexity index is 710. The molecule has 0 aliphatic heterocycles. The minimum atomic E-state index is -0.512. The highest BCUT2D eigenvalue weighted by Gasteiger charge is 2.15. The zero-order chi connectivity index (χ0) is 18.9. The summed E-state index contributed by atoms with van der Waals surface area (Å²) in [5, 5.41) is 2.95. The third kappa shape index (κ3) is 6.10. The third-order valence-corrected chi connectivity index (χ3v) is 4.18. The van der Waals surface area contributed by atoms with Crippen molar-refractivity contribution in [2.24, 2.45) is 0 Å². The number of rotatable bonds is 9. The van der Waals surface area contributed by atoms with Crippen LogP contribution in [-0.4, -0.2) is 25.2 Å². The molecule has 1 atom stereocenters. The maximum Gasteiger partial charge on any atom is 0.260 e. The van der Waals surface area contributed by atoms with Gasteiger partial charge in [0, 0.05) is 6.54 Å². The average molecular weight is 355 g/mol. The summed E-state index contributed by atoms with van der Waals surface area (Å²) >= 11 is 0. The van der Waals surface area contributed by atoms with Gasteiger partial charge in [0.2, 0.25) is 0 Å². The lowest BCUT2D eigenvalue weighted by Crippen LogP contribution is -2.37. The minimum absolute atomic E-state index is 0.0864. The number of amides is 1. The molecule has 0 fully saturated rings. The standard InChI is InChI=1S/C22H29NO3/c1-5-25-20-11-9-19(10-12-20)7-6-14-23-22(24)18(4)26-21-13-8-16(2)15-17(21)3/h8-13,15,18H,5-7,14H2,1-4H3,(H,23,24)/t18-/m0/s1. The number of aryl methyl sites for hydroxylation is 3. The van der Waals surface area contributed by atoms with Crippen molar-refractivity contribution in [3.63, 3.8) is 0 Å². The number of benzene rings is 2. The van der Waals surface area contributed by atoms with E-state index in [-0.39, 0.29) is 5.91 Å². The van der Waals surface area contributed by atoms with Crippen molar-refractivity contribution >= 4 is 5.91 Å². The summed E-state index contributed by atoms with van der Waals surface area (Å²) in [7, 11) is 0. The third-order valence-electron chi connectivity index (χ3n) is 4.18. The zero-order valence-corrected chi connectivity index (χ0v) is 16.2. The Hall–Kier alpha value is -2.49. The van der Waals surface area contributed by atoms with E-state index in [4.69, 9.17) is 9.47 Å². The van der Waals surface area contributed by atoms with E-state index in [0.717, 1.165) is 29.9 Å². The number of ether oxygens (including phenoxy) is 2. The number of hydrogen-bond donors (Lipinski definition) is 1. The smallest absolute Gasteiger partial charge is 0.260 e. The summed E-state index contributed by atoms with van der Waals surface area (Å²) in [4.78, 5) is 12.2. The zero-order valence-electron chi connectivity index (χ0n) is 16.2. The molecule has 1 amide bonds. The lowest BCUT2D eigenvalue weighted by Gasteiger charge is -2.16. The molecule has 0 aromatic heterocycles. The molecular weight excluding hydrogens is 326 g/mol. The fraction of sp³-hybridized carbons (Fsp3) is 0.409. The van der Waals surface area contributed by atoms with E-state index in [1.807, 2.05) is 45.0 Å². The second-order valence-corrected chi connectivity index (χ2v) is 6.50. The topological polar surface area (TPSA) is 47.6 Å². The van der Waals surface area contributed by atoms with E-state index >= 15 is 0 Å². The predicted molar refractivity (Wildman–Crippen MR) is 105 cm³/mol. The van der Waals surface area contributed by atoms with Crippen LogP contribution in [0.1, 0.15) is 37.0 Å². The Morgan fingerprint density at radius 1 is 1.12 bits per heavy atom. The SMILES string of the molecule is CCOc1ccc(CCCNC(=O)[C@H](C)Oc2ccc(C)cc2C)cc1. The van der Waals surface area contributed by atoms with Gasteiger partial charge in [0.15, 0.2) is 6.10 Å². The van der Waals surface area contributed by atoms with Gasteiger partial charge in [-0.2, -0.15) is 0 Å². The number of carbonyl (C=O) groups is 1. The maximum atomic E-state index is 12.2. The van der Waals surface area contributed by atoms with Crippen molar-refractivity contribution < 1.29 is 14.3 Å². The van der Waals surface area contributed by atoms with Crippen LogP contribution in [0, 0.1) is 13.8 Å². The Labute approximate surface area is 156 Å². The van der Waals surface area contributed by atoms with Crippen LogP contribution in [0.15, 0.2) is 42.5 Å². The van der Waals surface area contributed by atoms with Gasteiger partial charge in [-0.15, -0.1) is 0 Å². The van der Waals surface area contributed by atoms with Gasteiger partial charge in [-0.25, -0.2) is 0 Å². The first-order valence-electron chi connectivity index (χ1n) is 9.23. The van der Waals surface area contributed by atoms with Crippen molar-refractivity contribution in [1.29, 1.82) is 0 Å². The fourth-order valence-electron chi connectivity index (χ4n) is 2.74. The Morgan fingerprint density at radius 3 is 2.50 bits per heavy atom. The van der Waals surface area contributed by atoms with Crippen molar-refractivity contribution in [2.45, 2.75) is 46.6 Å². The normalized spacial score (nSPS) is 11.7. The quantitative estimate of drug-likeness (QED) is 0.685. The molecule has 1 N–H and O–H groups in total. The van der Waals surface area contributed by atoms with Crippen LogP contribution in [0.2, 0.25) is 0 Å². The largest absolute Gasteiger partial charge is 0.494 e. The molecule has 2 rings (SSSR count). The molecule has 0 radical (unpaired) electrons. The van der Waals surface area contributed by atoms with E-state index < -0.39 is 6.10 Å². The molecule has 2 aromatic rings. The van der Waals surface area contributed by atoms with Crippen LogP contribution in [0.25, 0.3) is 0 Å². The Balaban J connectivity index is 1.72. The predicted octanol–water partition coefficient (Wildman–Crippen LogP) is 4.22. The van der Waals surface area contributed by atoms with Crippen molar-refractivity contribution in [3.8, 4) is 11.5 Å². The molecule has 140 valence electrons. The van der Waals surface area contributed by atoms with Crippen LogP contribution in [0.4, 0.5) is 0 Å². The monoisotopic (exact) mass is 355 g/mol. The van der Waals surface area contributed by atoms with Gasteiger partial charge in [-0.05, 0) is 69.9 Å². The molecule has 0 bridgehead atoms. The maximum absolute atomic E-state index is 12.2. The van der Waals surface area contributed by atoms with E-state index in [2.05, 4.69) is 23.5 Å². The Kier molecular flexibility index (Phi) is 7.52. The average Bonchev–Trinajstić information content (AvgIpc) is 2.62. The minimum Gasteiger partial charge on any atom is -0.494 e. The molecule has 0 saturated carbocycles. The van der Waals surface area contributed by atoms with Gasteiger partial charge in [-0.3, -0.25) is 4.79 Å². The van der Waals surface area contributed by atoms with E-state index in [9.17, 15) is 4.79 Å². The van der Waals surface area contributed by atoms with Crippen LogP contribution < -0.4 is 14.8 Å². The van der Waals surface area contributed by atoms with E-state index in [0.29, 0.717) is 13.2 Å². The summed E-state index contributed by atoms with van der Waals surface area (Å²) in [5.41, 5.74) is 3.46. The lowest BCUT2D eigenvalue weighted by atomic mass is 10.1. The fourth-order valence-corrected chi connectivity index (χ4v) is 2.74. The molecule has 4 nitrogen and oxygen atoms in total. The molecule has 0 unspecified atom stereocenters. The van der Waals surface area contributed by atoms with Gasteiger partial charge in [0.1, 0.15) is 11.5 Å². The molecule has 4 heteroatoms. The van der Waals surface area contributed by atoms with Gasteiger partial charge < -0.3 is 14.8 Å². The van der Waals surface area contributed by atoms with Crippen molar-refractivity contribution in [1.82, 2.24) is 5.32 Å². The van der Waals surface area contributed by atoms with Crippen molar-refractivity contribution in [2.75, 3.05) is 13.2 Å². The lowest BCUT2D eigenvalue weighted by molar-refractivity contribution is -0.127. The number of hydrogen-bond acceptors (Lipinski definition) is 3. The summed E-state index contributed by atoms with van der Waals surface area (Å²) in [5.74, 6) is 1.56. The summed E-state index contributed by atoms with van der Waals surface area (Å²) in [6, 6.07) is 14.1. The highest BCUT2D eigenvalue weighted by atomic mass is 16.5. The first-order chi connectivity index (χ1) is 12.5. The summed E-state index contributed by atoms with van der Waals surface area (Å²) in [6.45, 7) is 9.09. The van der Waals surface area contributed by atoms with Gasteiger partial charge in [0.05, 0.1) is 6.61 Å². The highest BCUT2D eigenvalue weighted by Crippen LogP contribution is 2.20. The van der Waals surface area contributed by atoms with E-state index in [1.54, 1.807) is 6.92 Å². The molecule has 0 heterocycles. The molecule has 0 aliphatic carbocycles. The van der Waals surface area contributed by atoms with Crippen molar-refractivity contribution in [3.05, 3.63) is 59.2 Å². The Morgan fingerprint density at radius 2 is 1.85 bits per heavy atom. The van der Waals surface area contributed by atoms with Crippen LogP contribution in [-0.2, 0) is 11.2 Å². The second kappa shape index (κ2) is 9.85. The summed E-state index contributed by atoms with van der Waals surface area (Å²) in [6.07, 6.45) is 1.29. The first kappa shape index (κ1) is 19.8. The van der Waals surface area contributed by atoms with Crippen LogP contribution in [0.3, 0.4) is 0 Å². The second-order valence-electron chi connectivity index (χ2n) is 6.50. The van der Waals surface area contributed by atoms with Gasteiger partial charge >= 0.3 is 0 Å². The summed E-state index contributed by atoms with van der Waals surface area (Å²) < 4.78 is 11.2. The van der Waals surface area contributed by atoms with E-state index in [1.165, 1.54) is 11.1 Å². The molecule has 2 aromatic carbocycles. The number of carbonyl (C=O) groups excluding carboxylic acids is 1. The van der Waals surface area contributed by atoms with Crippen LogP contribution >= 0.6 is 0 Å². The van der Waals surface area contributed by atoms with Crippen LogP contribution in [0.5, 0.6) is 11.5 Å². The molecule has 26 heavy (non-hydrogen) atoms. The highest BCUT2D eigenvalue weighted by molar-refractivity contribution is 5.80. The first-order valence-corrected chi connectivity index (χ1v) is 9.23.